The van der Waals surface area contributed by atoms with Gasteiger partial charge in [0.15, 0.2) is 0 Å². The first-order valence-corrected chi connectivity index (χ1v) is 7.41. The molecule has 0 aliphatic rings. The third-order valence-corrected chi connectivity index (χ3v) is 4.53. The van der Waals surface area contributed by atoms with Gasteiger partial charge < -0.3 is 0 Å². The van der Waals surface area contributed by atoms with Crippen molar-refractivity contribution in [3.05, 3.63) is 23.8 Å². The van der Waals surface area contributed by atoms with Crippen LogP contribution in [0, 0.1) is 6.92 Å². The molecule has 1 aromatic carbocycles. The van der Waals surface area contributed by atoms with Crippen LogP contribution in [0.4, 0.5) is 0 Å². The normalized spacial score (nSPS) is 11.2. The molecular weight excluding hydrogens is 296 g/mol. The van der Waals surface area contributed by atoms with Gasteiger partial charge in [-0.2, -0.15) is 16.8 Å². The monoisotopic (exact) mass is 302 g/mol. The van der Waals surface area contributed by atoms with E-state index >= 15 is 0 Å². The van der Waals surface area contributed by atoms with Crippen molar-refractivity contribution in [3.63, 3.8) is 0 Å². The van der Waals surface area contributed by atoms with Crippen LogP contribution in [0.1, 0.15) is 5.56 Å². The third-order valence-electron chi connectivity index (χ3n) is 2.05. The van der Waals surface area contributed by atoms with Gasteiger partial charge in [-0.25, -0.2) is 9.59 Å². The van der Waals surface area contributed by atoms with Gasteiger partial charge in [-0.05, 0) is 24.6 Å². The highest BCUT2D eigenvalue weighted by Crippen LogP contribution is 2.22. The summed E-state index contributed by atoms with van der Waals surface area (Å²) in [6.07, 6.45) is 1.73. The lowest BCUT2D eigenvalue weighted by atomic mass is 10.2. The van der Waals surface area contributed by atoms with Crippen LogP contribution in [0.5, 0.6) is 0 Å². The molecular formula is C9H6N2O6S2. The van der Waals surface area contributed by atoms with E-state index in [4.69, 9.17) is 0 Å². The molecule has 0 spiro atoms. The van der Waals surface area contributed by atoms with E-state index in [2.05, 4.69) is 8.80 Å². The average molecular weight is 302 g/mol. The summed E-state index contributed by atoms with van der Waals surface area (Å²) in [7, 11) is -8.67. The molecule has 1 aromatic rings. The first-order valence-electron chi connectivity index (χ1n) is 4.53. The van der Waals surface area contributed by atoms with Crippen LogP contribution >= 0.6 is 0 Å². The minimum atomic E-state index is -4.34. The Labute approximate surface area is 108 Å². The SMILES string of the molecule is Cc1ccc(S(=O)(=O)N=C=O)cc1S(=O)(=O)N=C=O. The molecule has 1 rings (SSSR count). The number of carbonyl (C=O) groups excluding carboxylic acids is 2. The van der Waals surface area contributed by atoms with Crippen LogP contribution in [0.15, 0.2) is 36.8 Å². The van der Waals surface area contributed by atoms with Crippen molar-refractivity contribution in [2.24, 2.45) is 8.80 Å². The summed E-state index contributed by atoms with van der Waals surface area (Å²) in [5, 5.41) is 0. The molecule has 0 amide bonds. The molecule has 100 valence electrons. The Hall–Kier alpha value is -2.12. The quantitative estimate of drug-likeness (QED) is 0.571. The first-order chi connectivity index (χ1) is 8.74. The van der Waals surface area contributed by atoms with Crippen LogP contribution in [-0.4, -0.2) is 29.0 Å². The molecule has 8 nitrogen and oxygen atoms in total. The molecule has 10 heteroatoms. The van der Waals surface area contributed by atoms with Crippen molar-refractivity contribution in [2.45, 2.75) is 16.7 Å². The van der Waals surface area contributed by atoms with Crippen molar-refractivity contribution < 1.29 is 26.4 Å². The lowest BCUT2D eigenvalue weighted by Gasteiger charge is -2.04. The lowest BCUT2D eigenvalue weighted by molar-refractivity contribution is 0.562. The maximum absolute atomic E-state index is 11.6. The zero-order valence-electron chi connectivity index (χ0n) is 9.39. The number of sulfonamides is 2. The Kier molecular flexibility index (Phi) is 4.13. The number of isocyanates is 2. The fraction of sp³-hybridized carbons (Fsp3) is 0.111. The van der Waals surface area contributed by atoms with E-state index in [9.17, 15) is 26.4 Å². The predicted octanol–water partition coefficient (Wildman–Crippen LogP) is 0.0440. The van der Waals surface area contributed by atoms with Gasteiger partial charge in [0.1, 0.15) is 0 Å². The Balaban J connectivity index is 3.64. The van der Waals surface area contributed by atoms with Crippen molar-refractivity contribution in [1.82, 2.24) is 0 Å². The van der Waals surface area contributed by atoms with E-state index in [0.717, 1.165) is 24.3 Å². The van der Waals surface area contributed by atoms with Gasteiger partial charge in [0, 0.05) is 0 Å². The Morgan fingerprint density at radius 2 is 1.47 bits per heavy atom. The van der Waals surface area contributed by atoms with Crippen LogP contribution < -0.4 is 0 Å². The van der Waals surface area contributed by atoms with E-state index in [0.29, 0.717) is 0 Å². The standard InChI is InChI=1S/C9H6N2O6S2/c1-7-2-3-8(18(14,15)10-5-12)4-9(7)19(16,17)11-6-13/h2-4H,1H3. The van der Waals surface area contributed by atoms with Gasteiger partial charge in [0.05, 0.1) is 9.79 Å². The second kappa shape index (κ2) is 5.25. The van der Waals surface area contributed by atoms with Crippen LogP contribution in [0.25, 0.3) is 0 Å². The molecule has 0 atom stereocenters. The molecule has 0 N–H and O–H groups in total. The largest absolute Gasteiger partial charge is 0.292 e. The van der Waals surface area contributed by atoms with Crippen molar-refractivity contribution in [2.75, 3.05) is 0 Å². The number of benzene rings is 1. The molecule has 0 heterocycles. The second-order valence-electron chi connectivity index (χ2n) is 3.24. The van der Waals surface area contributed by atoms with E-state index in [1.165, 1.54) is 13.0 Å². The molecule has 0 aliphatic heterocycles. The summed E-state index contributed by atoms with van der Waals surface area (Å²) in [5.41, 5.74) is 0.174. The van der Waals surface area contributed by atoms with E-state index in [1.54, 1.807) is 0 Å². The number of aryl methyl sites for hydroxylation is 1. The summed E-state index contributed by atoms with van der Waals surface area (Å²) in [5.74, 6) is 0. The highest BCUT2D eigenvalue weighted by molar-refractivity contribution is 7.91. The second-order valence-corrected chi connectivity index (χ2v) is 6.42. The number of rotatable bonds is 4. The molecule has 0 bridgehead atoms. The molecule has 0 unspecified atom stereocenters. The summed E-state index contributed by atoms with van der Waals surface area (Å²) >= 11 is 0. The lowest BCUT2D eigenvalue weighted by Crippen LogP contribution is -2.03. The smallest absolute Gasteiger partial charge is 0.210 e. The molecule has 0 saturated carbocycles. The first kappa shape index (κ1) is 14.9. The number of nitrogens with zero attached hydrogens (tertiary/aromatic N) is 2. The highest BCUT2D eigenvalue weighted by Gasteiger charge is 2.21. The average Bonchev–Trinajstić information content (AvgIpc) is 2.28. The summed E-state index contributed by atoms with van der Waals surface area (Å²) in [6, 6.07) is 3.00. The van der Waals surface area contributed by atoms with Crippen molar-refractivity contribution >= 4 is 32.2 Å². The minimum Gasteiger partial charge on any atom is -0.210 e. The zero-order valence-corrected chi connectivity index (χ0v) is 11.0. The molecule has 0 aromatic heterocycles. The maximum atomic E-state index is 11.6. The third kappa shape index (κ3) is 3.21. The summed E-state index contributed by atoms with van der Waals surface area (Å²) in [4.78, 5) is 19.0. The topological polar surface area (TPSA) is 127 Å². The minimum absolute atomic E-state index is 0.174. The Morgan fingerprint density at radius 1 is 0.947 bits per heavy atom. The van der Waals surface area contributed by atoms with E-state index < -0.39 is 29.8 Å². The van der Waals surface area contributed by atoms with Gasteiger partial charge in [-0.1, -0.05) is 14.9 Å². The molecule has 0 aliphatic carbocycles. The van der Waals surface area contributed by atoms with Gasteiger partial charge in [-0.15, -0.1) is 0 Å². The summed E-state index contributed by atoms with van der Waals surface area (Å²) in [6.45, 7) is 1.38. The van der Waals surface area contributed by atoms with Gasteiger partial charge in [0.2, 0.25) is 0 Å². The van der Waals surface area contributed by atoms with Gasteiger partial charge in [0.25, 0.3) is 32.2 Å². The van der Waals surface area contributed by atoms with Crippen LogP contribution in [0.3, 0.4) is 0 Å². The summed E-state index contributed by atoms with van der Waals surface area (Å²) < 4.78 is 51.2. The predicted molar refractivity (Wildman–Crippen MR) is 61.8 cm³/mol. The fourth-order valence-corrected chi connectivity index (χ4v) is 2.95. The van der Waals surface area contributed by atoms with Crippen molar-refractivity contribution in [3.8, 4) is 0 Å². The van der Waals surface area contributed by atoms with E-state index in [1.807, 2.05) is 0 Å². The van der Waals surface area contributed by atoms with Crippen LogP contribution in [0.2, 0.25) is 0 Å². The molecule has 0 radical (unpaired) electrons. The molecule has 0 saturated heterocycles. The highest BCUT2D eigenvalue weighted by atomic mass is 32.2. The van der Waals surface area contributed by atoms with Crippen LogP contribution in [-0.2, 0) is 29.6 Å². The Morgan fingerprint density at radius 3 is 2.00 bits per heavy atom. The van der Waals surface area contributed by atoms with Crippen molar-refractivity contribution in [1.29, 1.82) is 0 Å². The Bertz CT molecular complexity index is 812. The maximum Gasteiger partial charge on any atom is 0.292 e. The van der Waals surface area contributed by atoms with E-state index in [-0.39, 0.29) is 5.56 Å². The number of hydrogen-bond acceptors (Lipinski definition) is 6. The fourth-order valence-electron chi connectivity index (χ4n) is 1.22. The zero-order chi connectivity index (χ0) is 14.7. The molecule has 0 fully saturated rings. The van der Waals surface area contributed by atoms with Gasteiger partial charge in [-0.3, -0.25) is 0 Å². The van der Waals surface area contributed by atoms with Gasteiger partial charge >= 0.3 is 0 Å². The molecule has 19 heavy (non-hydrogen) atoms. The number of hydrogen-bond donors (Lipinski definition) is 0.